The lowest BCUT2D eigenvalue weighted by Gasteiger charge is -2.21. The number of benzene rings is 1. The molecule has 0 atom stereocenters. The summed E-state index contributed by atoms with van der Waals surface area (Å²) in [6.45, 7) is 3.57. The predicted molar refractivity (Wildman–Crippen MR) is 72.6 cm³/mol. The molecule has 0 unspecified atom stereocenters. The van der Waals surface area contributed by atoms with Crippen LogP contribution in [-0.2, 0) is 4.79 Å². The number of hydrogen-bond acceptors (Lipinski definition) is 3. The highest BCUT2D eigenvalue weighted by Crippen LogP contribution is 2.23. The third-order valence-corrected chi connectivity index (χ3v) is 3.08. The van der Waals surface area contributed by atoms with E-state index < -0.39 is 11.4 Å². The fraction of sp³-hybridized carbons (Fsp3) is 0.333. The van der Waals surface area contributed by atoms with Gasteiger partial charge in [0.2, 0.25) is 5.91 Å². The summed E-state index contributed by atoms with van der Waals surface area (Å²) < 4.78 is 0.635. The average molecular weight is 315 g/mol. The molecule has 0 spiro atoms. The first-order chi connectivity index (χ1) is 8.27. The average Bonchev–Trinajstić information content (AvgIpc) is 2.31. The van der Waals surface area contributed by atoms with Gasteiger partial charge in [-0.1, -0.05) is 15.9 Å². The van der Waals surface area contributed by atoms with E-state index in [1.165, 1.54) is 12.1 Å². The number of rotatable bonds is 4. The van der Waals surface area contributed by atoms with E-state index in [2.05, 4.69) is 21.2 Å². The zero-order valence-electron chi connectivity index (χ0n) is 10.2. The molecule has 0 aromatic heterocycles. The summed E-state index contributed by atoms with van der Waals surface area (Å²) in [6, 6.07) is 4.64. The van der Waals surface area contributed by atoms with E-state index in [-0.39, 0.29) is 23.7 Å². The summed E-state index contributed by atoms with van der Waals surface area (Å²) in [6.07, 6.45) is 0. The molecular formula is C12H15BrN2O3. The smallest absolute Gasteiger partial charge is 0.337 e. The Morgan fingerprint density at radius 1 is 1.44 bits per heavy atom. The number of amides is 1. The second-order valence-electron chi connectivity index (χ2n) is 4.54. The number of carboxylic acids is 1. The Kier molecular flexibility index (Phi) is 4.48. The molecule has 1 rings (SSSR count). The maximum absolute atomic E-state index is 11.9. The highest BCUT2D eigenvalue weighted by molar-refractivity contribution is 9.10. The number of anilines is 1. The number of nitrogens with two attached hydrogens (primary N) is 1. The molecule has 0 saturated heterocycles. The molecule has 0 heterocycles. The van der Waals surface area contributed by atoms with Crippen molar-refractivity contribution >= 4 is 33.5 Å². The Hall–Kier alpha value is -1.40. The van der Waals surface area contributed by atoms with Crippen molar-refractivity contribution in [2.45, 2.75) is 13.8 Å². The van der Waals surface area contributed by atoms with Gasteiger partial charge >= 0.3 is 5.97 Å². The topological polar surface area (TPSA) is 92.4 Å². The predicted octanol–water partition coefficient (Wildman–Crippen LogP) is 2.07. The van der Waals surface area contributed by atoms with Crippen molar-refractivity contribution in [3.63, 3.8) is 0 Å². The van der Waals surface area contributed by atoms with Crippen LogP contribution in [-0.4, -0.2) is 23.5 Å². The molecule has 18 heavy (non-hydrogen) atoms. The maximum atomic E-state index is 11.9. The van der Waals surface area contributed by atoms with Gasteiger partial charge in [-0.25, -0.2) is 4.79 Å². The summed E-state index contributed by atoms with van der Waals surface area (Å²) in [7, 11) is 0. The van der Waals surface area contributed by atoms with Crippen molar-refractivity contribution in [3.8, 4) is 0 Å². The van der Waals surface area contributed by atoms with E-state index in [4.69, 9.17) is 10.8 Å². The van der Waals surface area contributed by atoms with Crippen LogP contribution in [0.4, 0.5) is 5.69 Å². The second-order valence-corrected chi connectivity index (χ2v) is 5.45. The van der Waals surface area contributed by atoms with Crippen molar-refractivity contribution in [1.82, 2.24) is 0 Å². The number of carbonyl (C=O) groups is 2. The molecule has 0 aliphatic heterocycles. The van der Waals surface area contributed by atoms with E-state index in [9.17, 15) is 9.59 Å². The van der Waals surface area contributed by atoms with Crippen molar-refractivity contribution in [1.29, 1.82) is 0 Å². The first kappa shape index (κ1) is 14.7. The molecule has 98 valence electrons. The minimum absolute atomic E-state index is 0.0329. The Morgan fingerprint density at radius 2 is 2.06 bits per heavy atom. The van der Waals surface area contributed by atoms with E-state index in [1.807, 2.05) is 0 Å². The molecule has 0 saturated carbocycles. The number of aromatic carboxylic acids is 1. The van der Waals surface area contributed by atoms with Crippen LogP contribution in [0, 0.1) is 5.41 Å². The number of carboxylic acid groups (broad SMARTS) is 1. The molecule has 1 amide bonds. The zero-order chi connectivity index (χ0) is 13.9. The van der Waals surface area contributed by atoms with Crippen LogP contribution in [0.2, 0.25) is 0 Å². The van der Waals surface area contributed by atoms with Crippen molar-refractivity contribution in [3.05, 3.63) is 28.2 Å². The summed E-state index contributed by atoms with van der Waals surface area (Å²) in [5, 5.41) is 11.7. The van der Waals surface area contributed by atoms with Gasteiger partial charge < -0.3 is 16.2 Å². The van der Waals surface area contributed by atoms with Crippen molar-refractivity contribution in [2.75, 3.05) is 11.9 Å². The Morgan fingerprint density at radius 3 is 2.56 bits per heavy atom. The molecule has 5 nitrogen and oxygen atoms in total. The fourth-order valence-corrected chi connectivity index (χ4v) is 1.55. The van der Waals surface area contributed by atoms with Crippen LogP contribution in [0.3, 0.4) is 0 Å². The Balaban J connectivity index is 3.05. The SMILES string of the molecule is CC(C)(CN)C(=O)Nc1ccc(Br)cc1C(=O)O. The van der Waals surface area contributed by atoms with Crippen molar-refractivity contribution < 1.29 is 14.7 Å². The number of hydrogen-bond donors (Lipinski definition) is 3. The van der Waals surface area contributed by atoms with E-state index in [1.54, 1.807) is 19.9 Å². The zero-order valence-corrected chi connectivity index (χ0v) is 11.7. The third-order valence-electron chi connectivity index (χ3n) is 2.59. The van der Waals surface area contributed by atoms with Gasteiger partial charge in [-0.05, 0) is 32.0 Å². The van der Waals surface area contributed by atoms with Crippen LogP contribution < -0.4 is 11.1 Å². The van der Waals surface area contributed by atoms with Gasteiger partial charge in [0.25, 0.3) is 0 Å². The summed E-state index contributed by atoms with van der Waals surface area (Å²) >= 11 is 3.19. The molecule has 1 aromatic carbocycles. The van der Waals surface area contributed by atoms with Gasteiger partial charge in [-0.2, -0.15) is 0 Å². The van der Waals surface area contributed by atoms with Gasteiger partial charge in [0.1, 0.15) is 0 Å². The fourth-order valence-electron chi connectivity index (χ4n) is 1.19. The van der Waals surface area contributed by atoms with Crippen LogP contribution >= 0.6 is 15.9 Å². The lowest BCUT2D eigenvalue weighted by atomic mass is 9.92. The van der Waals surface area contributed by atoms with Crippen LogP contribution in [0.1, 0.15) is 24.2 Å². The van der Waals surface area contributed by atoms with Gasteiger partial charge in [0.05, 0.1) is 16.7 Å². The molecule has 4 N–H and O–H groups in total. The maximum Gasteiger partial charge on any atom is 0.337 e. The quantitative estimate of drug-likeness (QED) is 0.793. The van der Waals surface area contributed by atoms with Crippen molar-refractivity contribution in [2.24, 2.45) is 11.1 Å². The van der Waals surface area contributed by atoms with Gasteiger partial charge in [0.15, 0.2) is 0 Å². The first-order valence-electron chi connectivity index (χ1n) is 5.32. The molecular weight excluding hydrogens is 300 g/mol. The summed E-state index contributed by atoms with van der Waals surface area (Å²) in [4.78, 5) is 23.0. The van der Waals surface area contributed by atoms with Crippen LogP contribution in [0.15, 0.2) is 22.7 Å². The summed E-state index contributed by atoms with van der Waals surface area (Å²) in [5.74, 6) is -1.41. The highest BCUT2D eigenvalue weighted by Gasteiger charge is 2.26. The number of nitrogens with one attached hydrogen (secondary N) is 1. The summed E-state index contributed by atoms with van der Waals surface area (Å²) in [5.41, 5.74) is 5.05. The third kappa shape index (κ3) is 3.30. The second kappa shape index (κ2) is 5.49. The number of carbonyl (C=O) groups excluding carboxylic acids is 1. The monoisotopic (exact) mass is 314 g/mol. The Labute approximate surface area is 113 Å². The molecule has 1 aromatic rings. The molecule has 0 aliphatic rings. The van der Waals surface area contributed by atoms with Crippen LogP contribution in [0.25, 0.3) is 0 Å². The minimum Gasteiger partial charge on any atom is -0.478 e. The molecule has 0 aliphatic carbocycles. The molecule has 0 bridgehead atoms. The molecule has 0 radical (unpaired) electrons. The first-order valence-corrected chi connectivity index (χ1v) is 6.11. The minimum atomic E-state index is -1.10. The Bertz CT molecular complexity index is 486. The van der Waals surface area contributed by atoms with Gasteiger partial charge in [-0.3, -0.25) is 4.79 Å². The normalized spacial score (nSPS) is 11.1. The molecule has 0 fully saturated rings. The van der Waals surface area contributed by atoms with Gasteiger partial charge in [0, 0.05) is 11.0 Å². The standard InChI is InChI=1S/C12H15BrN2O3/c1-12(2,6-14)11(18)15-9-4-3-7(13)5-8(9)10(16)17/h3-5H,6,14H2,1-2H3,(H,15,18)(H,16,17). The lowest BCUT2D eigenvalue weighted by molar-refractivity contribution is -0.123. The molecule has 6 heteroatoms. The van der Waals surface area contributed by atoms with E-state index >= 15 is 0 Å². The van der Waals surface area contributed by atoms with E-state index in [0.29, 0.717) is 4.47 Å². The number of halogens is 1. The van der Waals surface area contributed by atoms with Gasteiger partial charge in [-0.15, -0.1) is 0 Å². The lowest BCUT2D eigenvalue weighted by Crippen LogP contribution is -2.37. The highest BCUT2D eigenvalue weighted by atomic mass is 79.9. The largest absolute Gasteiger partial charge is 0.478 e. The van der Waals surface area contributed by atoms with E-state index in [0.717, 1.165) is 0 Å². The van der Waals surface area contributed by atoms with Crippen LogP contribution in [0.5, 0.6) is 0 Å².